The van der Waals surface area contributed by atoms with E-state index in [-0.39, 0.29) is 9.79 Å². The van der Waals surface area contributed by atoms with Crippen LogP contribution in [0.1, 0.15) is 19.3 Å². The minimum Gasteiger partial charge on any atom is -0.370 e. The van der Waals surface area contributed by atoms with E-state index < -0.39 is 20.0 Å². The van der Waals surface area contributed by atoms with E-state index in [0.29, 0.717) is 5.69 Å². The minimum absolute atomic E-state index is 0.0651. The number of nitrogens with zero attached hydrogens (tertiary/aromatic N) is 2. The first-order valence-electron chi connectivity index (χ1n) is 9.11. The fraction of sp³-hybridized carbons (Fsp3) is 0.368. The third-order valence-electron chi connectivity index (χ3n) is 4.74. The average molecular weight is 424 g/mol. The maximum Gasteiger partial charge on any atom is 0.262 e. The molecule has 0 bridgehead atoms. The molecule has 0 radical (unpaired) electrons. The van der Waals surface area contributed by atoms with Crippen LogP contribution in [0.2, 0.25) is 0 Å². The maximum atomic E-state index is 12.9. The summed E-state index contributed by atoms with van der Waals surface area (Å²) < 4.78 is 54.2. The molecule has 1 heterocycles. The van der Waals surface area contributed by atoms with Crippen molar-refractivity contribution in [2.24, 2.45) is 0 Å². The van der Waals surface area contributed by atoms with Gasteiger partial charge in [0.25, 0.3) is 10.0 Å². The molecule has 1 N–H and O–H groups in total. The Kier molecular flexibility index (Phi) is 5.97. The van der Waals surface area contributed by atoms with Crippen LogP contribution in [0.25, 0.3) is 0 Å². The third kappa shape index (κ3) is 4.31. The third-order valence-corrected chi connectivity index (χ3v) is 7.91. The summed E-state index contributed by atoms with van der Waals surface area (Å²) in [5, 5.41) is 0. The summed E-state index contributed by atoms with van der Waals surface area (Å²) in [7, 11) is -4.85. The summed E-state index contributed by atoms with van der Waals surface area (Å²) in [6, 6.07) is 12.7. The Bertz CT molecular complexity index is 1040. The quantitative estimate of drug-likeness (QED) is 0.772. The highest BCUT2D eigenvalue weighted by Crippen LogP contribution is 2.30. The molecule has 2 aromatic rings. The van der Waals surface area contributed by atoms with Crippen LogP contribution in [0.15, 0.2) is 58.3 Å². The molecule has 0 aromatic heterocycles. The van der Waals surface area contributed by atoms with Gasteiger partial charge in [-0.05, 0) is 49.6 Å². The molecule has 7 nitrogen and oxygen atoms in total. The number of anilines is 2. The first kappa shape index (κ1) is 20.6. The summed E-state index contributed by atoms with van der Waals surface area (Å²) in [4.78, 5) is 2.02. The van der Waals surface area contributed by atoms with Gasteiger partial charge in [0.1, 0.15) is 0 Å². The normalized spacial score (nSPS) is 15.6. The van der Waals surface area contributed by atoms with Gasteiger partial charge in [0.05, 0.1) is 21.2 Å². The van der Waals surface area contributed by atoms with Gasteiger partial charge < -0.3 is 4.90 Å². The van der Waals surface area contributed by atoms with Gasteiger partial charge >= 0.3 is 0 Å². The number of benzene rings is 2. The first-order chi connectivity index (χ1) is 13.2. The van der Waals surface area contributed by atoms with Gasteiger partial charge in [-0.25, -0.2) is 21.1 Å². The van der Waals surface area contributed by atoms with Gasteiger partial charge in [0.15, 0.2) is 0 Å². The molecule has 0 amide bonds. The number of piperidine rings is 1. The summed E-state index contributed by atoms with van der Waals surface area (Å²) in [5.41, 5.74) is 1.33. The van der Waals surface area contributed by atoms with Crippen LogP contribution in [0.4, 0.5) is 11.4 Å². The van der Waals surface area contributed by atoms with Crippen molar-refractivity contribution in [1.82, 2.24) is 4.31 Å². The Morgan fingerprint density at radius 2 is 1.50 bits per heavy atom. The molecule has 0 spiro atoms. The fourth-order valence-electron chi connectivity index (χ4n) is 3.19. The molecule has 152 valence electrons. The van der Waals surface area contributed by atoms with Gasteiger partial charge in [-0.1, -0.05) is 18.2 Å². The number of sulfonamides is 2. The predicted molar refractivity (Wildman–Crippen MR) is 111 cm³/mol. The Labute approximate surface area is 167 Å². The Hall–Kier alpha value is -2.10. The second-order valence-electron chi connectivity index (χ2n) is 6.93. The maximum absolute atomic E-state index is 12.9. The Balaban J connectivity index is 1.94. The average Bonchev–Trinajstić information content (AvgIpc) is 2.69. The van der Waals surface area contributed by atoms with Crippen molar-refractivity contribution in [2.45, 2.75) is 29.1 Å². The molecule has 28 heavy (non-hydrogen) atoms. The van der Waals surface area contributed by atoms with Crippen LogP contribution in [-0.2, 0) is 20.0 Å². The molecule has 0 aliphatic carbocycles. The van der Waals surface area contributed by atoms with Crippen molar-refractivity contribution in [3.05, 3.63) is 48.5 Å². The van der Waals surface area contributed by atoms with E-state index in [1.807, 2.05) is 12.1 Å². The second kappa shape index (κ2) is 8.10. The summed E-state index contributed by atoms with van der Waals surface area (Å²) in [5.74, 6) is 0. The van der Waals surface area contributed by atoms with Gasteiger partial charge in [0, 0.05) is 27.2 Å². The van der Waals surface area contributed by atoms with Gasteiger partial charge in [-0.3, -0.25) is 4.72 Å². The van der Waals surface area contributed by atoms with Crippen LogP contribution in [0.3, 0.4) is 0 Å². The van der Waals surface area contributed by atoms with Crippen molar-refractivity contribution in [2.75, 3.05) is 36.8 Å². The topological polar surface area (TPSA) is 86.8 Å². The van der Waals surface area contributed by atoms with Gasteiger partial charge in [-0.2, -0.15) is 0 Å². The van der Waals surface area contributed by atoms with Crippen LogP contribution < -0.4 is 9.62 Å². The summed E-state index contributed by atoms with van der Waals surface area (Å²) >= 11 is 0. The number of nitrogens with one attached hydrogen (secondary N) is 1. The standard InChI is InChI=1S/C19H25N3O4S2/c1-21(2)28(25,26)17-10-8-9-16(15-17)27(23,24)20-18-11-4-5-12-19(18)22-13-6-3-7-14-22/h4-5,8-12,15,20H,3,6-7,13-14H2,1-2H3. The van der Waals surface area contributed by atoms with Crippen molar-refractivity contribution < 1.29 is 16.8 Å². The number of hydrogen-bond acceptors (Lipinski definition) is 5. The molecule has 0 atom stereocenters. The largest absolute Gasteiger partial charge is 0.370 e. The zero-order chi connectivity index (χ0) is 20.4. The zero-order valence-electron chi connectivity index (χ0n) is 16.0. The predicted octanol–water partition coefficient (Wildman–Crippen LogP) is 2.73. The van der Waals surface area contributed by atoms with Gasteiger partial charge in [0.2, 0.25) is 10.0 Å². The number of para-hydroxylation sites is 2. The lowest BCUT2D eigenvalue weighted by molar-refractivity contribution is 0.520. The van der Waals surface area contributed by atoms with E-state index >= 15 is 0 Å². The monoisotopic (exact) mass is 423 g/mol. The number of rotatable bonds is 6. The highest BCUT2D eigenvalue weighted by molar-refractivity contribution is 7.93. The zero-order valence-corrected chi connectivity index (χ0v) is 17.6. The minimum atomic E-state index is -3.94. The van der Waals surface area contributed by atoms with E-state index in [9.17, 15) is 16.8 Å². The van der Waals surface area contributed by atoms with E-state index in [2.05, 4.69) is 9.62 Å². The first-order valence-corrected chi connectivity index (χ1v) is 12.0. The highest BCUT2D eigenvalue weighted by atomic mass is 32.2. The molecular weight excluding hydrogens is 398 g/mol. The SMILES string of the molecule is CN(C)S(=O)(=O)c1cccc(S(=O)(=O)Nc2ccccc2N2CCCCC2)c1. The van der Waals surface area contributed by atoms with E-state index in [0.717, 1.165) is 35.9 Å². The highest BCUT2D eigenvalue weighted by Gasteiger charge is 2.23. The molecule has 2 aromatic carbocycles. The smallest absolute Gasteiger partial charge is 0.262 e. The molecule has 9 heteroatoms. The van der Waals surface area contributed by atoms with Gasteiger partial charge in [-0.15, -0.1) is 0 Å². The molecule has 1 aliphatic rings. The molecule has 1 aliphatic heterocycles. The van der Waals surface area contributed by atoms with E-state index in [4.69, 9.17) is 0 Å². The molecular formula is C19H25N3O4S2. The van der Waals surface area contributed by atoms with Crippen LogP contribution >= 0.6 is 0 Å². The lowest BCUT2D eigenvalue weighted by atomic mass is 10.1. The number of hydrogen-bond donors (Lipinski definition) is 1. The molecule has 0 unspecified atom stereocenters. The Morgan fingerprint density at radius 1 is 0.857 bits per heavy atom. The van der Waals surface area contributed by atoms with Crippen molar-refractivity contribution in [1.29, 1.82) is 0 Å². The molecule has 1 saturated heterocycles. The summed E-state index contributed by atoms with van der Waals surface area (Å²) in [6.45, 7) is 1.77. The molecule has 1 fully saturated rings. The summed E-state index contributed by atoms with van der Waals surface area (Å²) in [6.07, 6.45) is 3.33. The van der Waals surface area contributed by atoms with E-state index in [1.54, 1.807) is 12.1 Å². The second-order valence-corrected chi connectivity index (χ2v) is 10.8. The molecule has 0 saturated carbocycles. The van der Waals surface area contributed by atoms with Crippen LogP contribution in [0, 0.1) is 0 Å². The lowest BCUT2D eigenvalue weighted by Crippen LogP contribution is -2.30. The Morgan fingerprint density at radius 3 is 2.18 bits per heavy atom. The molecule has 3 rings (SSSR count). The van der Waals surface area contributed by atoms with Crippen molar-refractivity contribution in [3.63, 3.8) is 0 Å². The lowest BCUT2D eigenvalue weighted by Gasteiger charge is -2.30. The van der Waals surface area contributed by atoms with Crippen LogP contribution in [0.5, 0.6) is 0 Å². The van der Waals surface area contributed by atoms with Crippen LogP contribution in [-0.4, -0.2) is 48.3 Å². The fourth-order valence-corrected chi connectivity index (χ4v) is 5.33. The van der Waals surface area contributed by atoms with E-state index in [1.165, 1.54) is 44.8 Å². The van der Waals surface area contributed by atoms with Crippen molar-refractivity contribution in [3.8, 4) is 0 Å². The van der Waals surface area contributed by atoms with Crippen molar-refractivity contribution >= 4 is 31.4 Å².